The molecule has 0 bridgehead atoms. The highest BCUT2D eigenvalue weighted by Crippen LogP contribution is 2.30. The summed E-state index contributed by atoms with van der Waals surface area (Å²) in [6, 6.07) is 11.2. The smallest absolute Gasteiger partial charge is 0.242 e. The van der Waals surface area contributed by atoms with Gasteiger partial charge in [-0.3, -0.25) is 13.9 Å². The van der Waals surface area contributed by atoms with Crippen LogP contribution in [-0.4, -0.2) is 57.6 Å². The van der Waals surface area contributed by atoms with Crippen molar-refractivity contribution in [2.24, 2.45) is 0 Å². The topological polar surface area (TPSA) is 96.0 Å². The first-order valence-electron chi connectivity index (χ1n) is 11.6. The highest BCUT2D eigenvalue weighted by molar-refractivity contribution is 7.92. The van der Waals surface area contributed by atoms with Crippen molar-refractivity contribution >= 4 is 50.7 Å². The van der Waals surface area contributed by atoms with Crippen LogP contribution in [0.1, 0.15) is 38.7 Å². The molecule has 0 fully saturated rings. The number of carbonyl (C=O) groups excluding carboxylic acids is 2. The van der Waals surface area contributed by atoms with Gasteiger partial charge in [0, 0.05) is 31.1 Å². The Hall–Kier alpha value is -2.49. The van der Waals surface area contributed by atoms with E-state index in [4.69, 9.17) is 27.9 Å². The lowest BCUT2D eigenvalue weighted by atomic mass is 10.1. The minimum absolute atomic E-state index is 0.0380. The summed E-state index contributed by atoms with van der Waals surface area (Å²) in [5, 5.41) is 3.56. The number of halogens is 2. The Bertz CT molecular complexity index is 1160. The Morgan fingerprint density at radius 1 is 1.08 bits per heavy atom. The van der Waals surface area contributed by atoms with Crippen LogP contribution in [0.25, 0.3) is 0 Å². The second kappa shape index (κ2) is 13.7. The molecule has 1 N–H and O–H groups in total. The fourth-order valence-corrected chi connectivity index (χ4v) is 5.24. The van der Waals surface area contributed by atoms with Gasteiger partial charge < -0.3 is 15.0 Å². The van der Waals surface area contributed by atoms with Gasteiger partial charge >= 0.3 is 0 Å². The first kappa shape index (κ1) is 29.7. The lowest BCUT2D eigenvalue weighted by Gasteiger charge is -2.31. The number of hydrogen-bond donors (Lipinski definition) is 1. The molecule has 0 saturated carbocycles. The van der Waals surface area contributed by atoms with Crippen molar-refractivity contribution in [2.45, 2.75) is 45.7 Å². The molecule has 36 heavy (non-hydrogen) atoms. The maximum absolute atomic E-state index is 13.4. The zero-order valence-electron chi connectivity index (χ0n) is 21.0. The highest BCUT2D eigenvalue weighted by atomic mass is 35.5. The lowest BCUT2D eigenvalue weighted by molar-refractivity contribution is -0.141. The molecule has 8 nitrogen and oxygen atoms in total. The number of nitrogens with one attached hydrogen (secondary N) is 1. The van der Waals surface area contributed by atoms with E-state index in [0.717, 1.165) is 11.8 Å². The quantitative estimate of drug-likeness (QED) is 0.391. The molecular weight excluding hydrogens is 525 g/mol. The van der Waals surface area contributed by atoms with Crippen molar-refractivity contribution in [2.75, 3.05) is 30.8 Å². The molecule has 0 unspecified atom stereocenters. The van der Waals surface area contributed by atoms with Gasteiger partial charge in [-0.05, 0) is 49.6 Å². The normalized spacial score (nSPS) is 12.1. The van der Waals surface area contributed by atoms with E-state index < -0.39 is 16.1 Å². The van der Waals surface area contributed by atoms with E-state index >= 15 is 0 Å². The highest BCUT2D eigenvalue weighted by Gasteiger charge is 2.29. The van der Waals surface area contributed by atoms with E-state index in [1.54, 1.807) is 24.3 Å². The first-order chi connectivity index (χ1) is 17.0. The maximum Gasteiger partial charge on any atom is 0.242 e. The monoisotopic (exact) mass is 557 g/mol. The summed E-state index contributed by atoms with van der Waals surface area (Å²) in [4.78, 5) is 27.6. The molecule has 11 heteroatoms. The van der Waals surface area contributed by atoms with Crippen LogP contribution in [0, 0.1) is 0 Å². The summed E-state index contributed by atoms with van der Waals surface area (Å²) in [5.41, 5.74) is 1.10. The zero-order valence-corrected chi connectivity index (χ0v) is 23.3. The van der Waals surface area contributed by atoms with Gasteiger partial charge in [0.1, 0.15) is 11.8 Å². The van der Waals surface area contributed by atoms with Crippen molar-refractivity contribution in [1.29, 1.82) is 0 Å². The Morgan fingerprint density at radius 2 is 1.78 bits per heavy atom. The number of anilines is 1. The lowest BCUT2D eigenvalue weighted by Crippen LogP contribution is -2.49. The van der Waals surface area contributed by atoms with Gasteiger partial charge in [-0.25, -0.2) is 8.42 Å². The van der Waals surface area contributed by atoms with E-state index in [1.165, 1.54) is 22.4 Å². The number of methoxy groups -OCH3 is 1. The third-order valence-electron chi connectivity index (χ3n) is 5.61. The Kier molecular flexibility index (Phi) is 11.3. The molecule has 0 heterocycles. The second-order valence-electron chi connectivity index (χ2n) is 8.19. The molecule has 0 aliphatic rings. The summed E-state index contributed by atoms with van der Waals surface area (Å²) >= 11 is 12.5. The van der Waals surface area contributed by atoms with E-state index in [1.807, 2.05) is 26.0 Å². The summed E-state index contributed by atoms with van der Waals surface area (Å²) in [6.07, 6.45) is 1.79. The molecule has 0 saturated heterocycles. The summed E-state index contributed by atoms with van der Waals surface area (Å²) < 4.78 is 31.3. The van der Waals surface area contributed by atoms with Gasteiger partial charge in [-0.15, -0.1) is 0 Å². The summed E-state index contributed by atoms with van der Waals surface area (Å²) in [5.74, 6) is -0.0875. The molecule has 0 aromatic heterocycles. The molecule has 2 aromatic rings. The number of likely N-dealkylation sites (N-methyl/N-ethyl adjacent to an activating group) is 1. The zero-order chi connectivity index (χ0) is 26.9. The van der Waals surface area contributed by atoms with E-state index in [0.29, 0.717) is 29.4 Å². The summed E-state index contributed by atoms with van der Waals surface area (Å²) in [6.45, 7) is 4.32. The van der Waals surface area contributed by atoms with Crippen molar-refractivity contribution in [3.05, 3.63) is 58.1 Å². The van der Waals surface area contributed by atoms with Crippen LogP contribution < -0.4 is 14.4 Å². The Balaban J connectivity index is 2.23. The maximum atomic E-state index is 13.4. The van der Waals surface area contributed by atoms with Crippen LogP contribution in [0.4, 0.5) is 5.69 Å². The number of sulfonamides is 1. The van der Waals surface area contributed by atoms with Crippen LogP contribution in [0.5, 0.6) is 5.75 Å². The van der Waals surface area contributed by atoms with Gasteiger partial charge in [0.15, 0.2) is 0 Å². The number of amides is 2. The van der Waals surface area contributed by atoms with Crippen LogP contribution >= 0.6 is 23.2 Å². The number of carbonyl (C=O) groups is 2. The molecular formula is C25H33Cl2N3O5S. The average Bonchev–Trinajstić information content (AvgIpc) is 2.82. The Labute approximate surface area is 223 Å². The summed E-state index contributed by atoms with van der Waals surface area (Å²) in [7, 11) is -2.17. The fourth-order valence-electron chi connectivity index (χ4n) is 3.84. The minimum atomic E-state index is -3.64. The molecule has 2 amide bonds. The predicted molar refractivity (Wildman–Crippen MR) is 144 cm³/mol. The third kappa shape index (κ3) is 8.01. The Morgan fingerprint density at radius 3 is 2.33 bits per heavy atom. The van der Waals surface area contributed by atoms with Crippen LogP contribution in [-0.2, 0) is 26.2 Å². The van der Waals surface area contributed by atoms with Gasteiger partial charge in [-0.1, -0.05) is 48.3 Å². The number of nitrogens with zero attached hydrogens (tertiary/aromatic N) is 2. The van der Waals surface area contributed by atoms with Crippen LogP contribution in [0.15, 0.2) is 42.5 Å². The van der Waals surface area contributed by atoms with E-state index in [-0.39, 0.29) is 42.8 Å². The molecule has 198 valence electrons. The molecule has 0 aliphatic carbocycles. The van der Waals surface area contributed by atoms with Crippen molar-refractivity contribution in [3.63, 3.8) is 0 Å². The van der Waals surface area contributed by atoms with E-state index in [9.17, 15) is 18.0 Å². The van der Waals surface area contributed by atoms with Crippen molar-refractivity contribution in [1.82, 2.24) is 10.2 Å². The molecule has 0 radical (unpaired) electrons. The van der Waals surface area contributed by atoms with Gasteiger partial charge in [0.25, 0.3) is 0 Å². The fraction of sp³-hybridized carbons (Fsp3) is 0.440. The second-order valence-corrected chi connectivity index (χ2v) is 10.9. The van der Waals surface area contributed by atoms with Gasteiger partial charge in [-0.2, -0.15) is 0 Å². The van der Waals surface area contributed by atoms with Crippen LogP contribution in [0.3, 0.4) is 0 Å². The third-order valence-corrected chi connectivity index (χ3v) is 7.47. The minimum Gasteiger partial charge on any atom is -0.495 e. The van der Waals surface area contributed by atoms with E-state index in [2.05, 4.69) is 5.32 Å². The standard InChI is InChI=1S/C25H33Cl2N3O5S/c1-5-22(25(32)28-6-2)29(17-18-10-7-8-11-20(18)26)24(31)12-9-15-30(36(4,33)34)19-13-14-23(35-3)21(27)16-19/h7-8,10-11,13-14,16,22H,5-6,9,12,15,17H2,1-4H3,(H,28,32)/t22-/m0/s1. The molecule has 0 spiro atoms. The first-order valence-corrected chi connectivity index (χ1v) is 14.3. The van der Waals surface area contributed by atoms with Crippen molar-refractivity contribution < 1.29 is 22.7 Å². The number of ether oxygens (including phenoxy) is 1. The van der Waals surface area contributed by atoms with Gasteiger partial charge in [0.05, 0.1) is 24.1 Å². The molecule has 1 atom stereocenters. The largest absolute Gasteiger partial charge is 0.495 e. The number of benzene rings is 2. The average molecular weight is 559 g/mol. The van der Waals surface area contributed by atoms with Crippen molar-refractivity contribution in [3.8, 4) is 5.75 Å². The number of hydrogen-bond acceptors (Lipinski definition) is 5. The predicted octanol–water partition coefficient (Wildman–Crippen LogP) is 4.49. The van der Waals surface area contributed by atoms with Gasteiger partial charge in [0.2, 0.25) is 21.8 Å². The SMILES string of the molecule is CCNC(=O)[C@H](CC)N(Cc1ccccc1Cl)C(=O)CCCN(c1ccc(OC)c(Cl)c1)S(C)(=O)=O. The molecule has 0 aliphatic heterocycles. The molecule has 2 aromatic carbocycles. The molecule has 2 rings (SSSR count). The number of rotatable bonds is 13. The van der Waals surface area contributed by atoms with Crippen LogP contribution in [0.2, 0.25) is 10.0 Å².